The number of primary sulfonamides is 1. The summed E-state index contributed by atoms with van der Waals surface area (Å²) in [7, 11) is -3.79. The van der Waals surface area contributed by atoms with Crippen LogP contribution >= 0.6 is 11.8 Å². The van der Waals surface area contributed by atoms with E-state index in [0.29, 0.717) is 41.9 Å². The molecule has 0 unspecified atom stereocenters. The van der Waals surface area contributed by atoms with E-state index in [4.69, 9.17) is 5.14 Å². The molecule has 0 radical (unpaired) electrons. The minimum atomic E-state index is -3.79. The molecule has 0 saturated carbocycles. The molecule has 2 amide bonds. The van der Waals surface area contributed by atoms with Crippen molar-refractivity contribution in [2.75, 3.05) is 12.3 Å². The third-order valence-electron chi connectivity index (χ3n) is 4.96. The minimum absolute atomic E-state index is 0.0259. The van der Waals surface area contributed by atoms with Gasteiger partial charge in [-0.15, -0.1) is 0 Å². The van der Waals surface area contributed by atoms with Gasteiger partial charge in [-0.05, 0) is 43.7 Å². The molecule has 2 heterocycles. The van der Waals surface area contributed by atoms with Gasteiger partial charge in [0.2, 0.25) is 10.0 Å². The summed E-state index contributed by atoms with van der Waals surface area (Å²) in [5, 5.41) is 5.96. The first-order valence-corrected chi connectivity index (χ1v) is 12.0. The first kappa shape index (κ1) is 20.6. The minimum Gasteiger partial charge on any atom is -0.319 e. The number of thioether (sulfide) groups is 1. The third kappa shape index (κ3) is 3.62. The average Bonchev–Trinajstić information content (AvgIpc) is 3.19. The van der Waals surface area contributed by atoms with Gasteiger partial charge in [0.05, 0.1) is 27.1 Å². The van der Waals surface area contributed by atoms with Crippen LogP contribution in [-0.2, 0) is 16.6 Å². The van der Waals surface area contributed by atoms with Crippen molar-refractivity contribution in [2.45, 2.75) is 29.9 Å². The van der Waals surface area contributed by atoms with Crippen LogP contribution in [0.15, 0.2) is 52.5 Å². The second-order valence-corrected chi connectivity index (χ2v) is 9.47. The predicted molar refractivity (Wildman–Crippen MR) is 114 cm³/mol. The summed E-state index contributed by atoms with van der Waals surface area (Å²) in [5.74, 6) is 0.146. The van der Waals surface area contributed by atoms with Crippen LogP contribution in [0.5, 0.6) is 0 Å². The Labute approximate surface area is 178 Å². The zero-order valence-corrected chi connectivity index (χ0v) is 17.9. The standard InChI is InChI=1S/C20H20N4O4S2/c1-2-23-17-9-8-13(30(21,27)28)12-16(17)22-20(23)29-11-5-10-24-18(25)14-6-3-4-7-15(14)19(24)26/h3-4,6-9,12H,2,5,10-11H2,1H3,(H2,21,27,28). The number of aromatic nitrogens is 2. The number of rotatable bonds is 7. The number of carbonyl (C=O) groups is 2. The molecule has 2 aromatic carbocycles. The Bertz CT molecular complexity index is 1230. The molecule has 4 rings (SSSR count). The molecule has 1 aliphatic rings. The highest BCUT2D eigenvalue weighted by Crippen LogP contribution is 2.27. The Morgan fingerprint density at radius 1 is 1.07 bits per heavy atom. The van der Waals surface area contributed by atoms with Crippen molar-refractivity contribution in [3.63, 3.8) is 0 Å². The number of carbonyl (C=O) groups excluding carboxylic acids is 2. The van der Waals surface area contributed by atoms with Gasteiger partial charge in [-0.1, -0.05) is 23.9 Å². The number of sulfonamides is 1. The number of imidazole rings is 1. The van der Waals surface area contributed by atoms with E-state index in [0.717, 1.165) is 10.7 Å². The topological polar surface area (TPSA) is 115 Å². The van der Waals surface area contributed by atoms with Crippen molar-refractivity contribution < 1.29 is 18.0 Å². The number of imide groups is 1. The van der Waals surface area contributed by atoms with E-state index >= 15 is 0 Å². The second-order valence-electron chi connectivity index (χ2n) is 6.84. The van der Waals surface area contributed by atoms with Gasteiger partial charge in [0.15, 0.2) is 5.16 Å². The fourth-order valence-corrected chi connectivity index (χ4v) is 5.04. The summed E-state index contributed by atoms with van der Waals surface area (Å²) in [6.07, 6.45) is 0.617. The number of hydrogen-bond donors (Lipinski definition) is 1. The molecule has 0 aliphatic carbocycles. The van der Waals surface area contributed by atoms with E-state index in [1.54, 1.807) is 30.3 Å². The van der Waals surface area contributed by atoms with E-state index in [9.17, 15) is 18.0 Å². The second kappa shape index (κ2) is 7.86. The molecule has 0 fully saturated rings. The zero-order valence-electron chi connectivity index (χ0n) is 16.2. The van der Waals surface area contributed by atoms with Crippen LogP contribution in [0.2, 0.25) is 0 Å². The Morgan fingerprint density at radius 3 is 2.33 bits per heavy atom. The Kier molecular flexibility index (Phi) is 5.39. The van der Waals surface area contributed by atoms with Gasteiger partial charge in [-0.25, -0.2) is 18.5 Å². The van der Waals surface area contributed by atoms with E-state index in [2.05, 4.69) is 4.98 Å². The lowest BCUT2D eigenvalue weighted by Crippen LogP contribution is -2.31. The first-order valence-electron chi connectivity index (χ1n) is 9.42. The molecule has 0 bridgehead atoms. The van der Waals surface area contributed by atoms with Crippen molar-refractivity contribution in [2.24, 2.45) is 5.14 Å². The van der Waals surface area contributed by atoms with Crippen LogP contribution in [0, 0.1) is 0 Å². The number of hydrogen-bond acceptors (Lipinski definition) is 6. The lowest BCUT2D eigenvalue weighted by atomic mass is 10.1. The molecule has 30 heavy (non-hydrogen) atoms. The molecule has 2 N–H and O–H groups in total. The lowest BCUT2D eigenvalue weighted by molar-refractivity contribution is 0.0655. The van der Waals surface area contributed by atoms with E-state index in [1.807, 2.05) is 11.5 Å². The SMILES string of the molecule is CCn1c(SCCCN2C(=O)c3ccccc3C2=O)nc2cc(S(N)(=O)=O)ccc21. The highest BCUT2D eigenvalue weighted by Gasteiger charge is 2.34. The van der Waals surface area contributed by atoms with Gasteiger partial charge in [0.1, 0.15) is 0 Å². The van der Waals surface area contributed by atoms with Gasteiger partial charge in [-0.3, -0.25) is 14.5 Å². The van der Waals surface area contributed by atoms with E-state index in [1.165, 1.54) is 28.8 Å². The maximum Gasteiger partial charge on any atom is 0.261 e. The number of nitrogens with two attached hydrogens (primary N) is 1. The molecular weight excluding hydrogens is 424 g/mol. The van der Waals surface area contributed by atoms with Crippen LogP contribution in [0.3, 0.4) is 0 Å². The van der Waals surface area contributed by atoms with Gasteiger partial charge in [0, 0.05) is 18.8 Å². The Morgan fingerprint density at radius 2 is 1.73 bits per heavy atom. The molecule has 10 heteroatoms. The Hall–Kier alpha value is -2.69. The summed E-state index contributed by atoms with van der Waals surface area (Å²) < 4.78 is 25.2. The van der Waals surface area contributed by atoms with Crippen LogP contribution in [0.1, 0.15) is 34.1 Å². The fourth-order valence-electron chi connectivity index (χ4n) is 3.51. The molecule has 156 valence electrons. The lowest BCUT2D eigenvalue weighted by Gasteiger charge is -2.13. The number of nitrogens with zero attached hydrogens (tertiary/aromatic N) is 3. The van der Waals surface area contributed by atoms with Crippen LogP contribution in [0.25, 0.3) is 11.0 Å². The van der Waals surface area contributed by atoms with Gasteiger partial charge in [0.25, 0.3) is 11.8 Å². The fraction of sp³-hybridized carbons (Fsp3) is 0.250. The average molecular weight is 445 g/mol. The predicted octanol–water partition coefficient (Wildman–Crippen LogP) is 2.48. The van der Waals surface area contributed by atoms with Crippen LogP contribution in [0.4, 0.5) is 0 Å². The molecule has 0 saturated heterocycles. The van der Waals surface area contributed by atoms with Crippen molar-refractivity contribution in [3.05, 3.63) is 53.6 Å². The molecule has 1 aliphatic heterocycles. The summed E-state index contributed by atoms with van der Waals surface area (Å²) in [5.41, 5.74) is 2.29. The number of fused-ring (bicyclic) bond motifs is 2. The summed E-state index contributed by atoms with van der Waals surface area (Å²) in [6.45, 7) is 2.99. The normalized spacial score (nSPS) is 14.0. The van der Waals surface area contributed by atoms with Crippen molar-refractivity contribution in [3.8, 4) is 0 Å². The number of amides is 2. The quantitative estimate of drug-likeness (QED) is 0.340. The van der Waals surface area contributed by atoms with Crippen molar-refractivity contribution in [1.82, 2.24) is 14.5 Å². The number of benzene rings is 2. The van der Waals surface area contributed by atoms with Gasteiger partial charge >= 0.3 is 0 Å². The maximum atomic E-state index is 12.4. The smallest absolute Gasteiger partial charge is 0.261 e. The summed E-state index contributed by atoms with van der Waals surface area (Å²) >= 11 is 1.50. The first-order chi connectivity index (χ1) is 14.3. The highest BCUT2D eigenvalue weighted by molar-refractivity contribution is 7.99. The molecule has 8 nitrogen and oxygen atoms in total. The summed E-state index contributed by atoms with van der Waals surface area (Å²) in [6, 6.07) is 11.5. The molecule has 3 aromatic rings. The number of aryl methyl sites for hydroxylation is 1. The van der Waals surface area contributed by atoms with Crippen LogP contribution < -0.4 is 5.14 Å². The monoisotopic (exact) mass is 444 g/mol. The van der Waals surface area contributed by atoms with Crippen molar-refractivity contribution >= 4 is 44.6 Å². The van der Waals surface area contributed by atoms with E-state index in [-0.39, 0.29) is 16.7 Å². The third-order valence-corrected chi connectivity index (χ3v) is 6.94. The molecular formula is C20H20N4O4S2. The van der Waals surface area contributed by atoms with Crippen LogP contribution in [-0.4, -0.2) is 47.0 Å². The maximum absolute atomic E-state index is 12.4. The van der Waals surface area contributed by atoms with Crippen molar-refractivity contribution in [1.29, 1.82) is 0 Å². The van der Waals surface area contributed by atoms with E-state index < -0.39 is 10.0 Å². The Balaban J connectivity index is 1.44. The molecule has 1 aromatic heterocycles. The highest BCUT2D eigenvalue weighted by atomic mass is 32.2. The molecule has 0 atom stereocenters. The summed E-state index contributed by atoms with van der Waals surface area (Å²) in [4.78, 5) is 30.7. The van der Waals surface area contributed by atoms with Gasteiger partial charge < -0.3 is 4.57 Å². The molecule has 0 spiro atoms. The van der Waals surface area contributed by atoms with Gasteiger partial charge in [-0.2, -0.15) is 0 Å². The largest absolute Gasteiger partial charge is 0.319 e. The zero-order chi connectivity index (χ0) is 21.5.